The summed E-state index contributed by atoms with van der Waals surface area (Å²) >= 11 is 0. The summed E-state index contributed by atoms with van der Waals surface area (Å²) in [7, 11) is -3.28. The number of benzene rings is 3. The lowest BCUT2D eigenvalue weighted by atomic mass is 10.0. The second kappa shape index (κ2) is 7.13. The van der Waals surface area contributed by atoms with Crippen LogP contribution in [0, 0.1) is 5.82 Å². The van der Waals surface area contributed by atoms with Crippen LogP contribution in [-0.2, 0) is 4.57 Å². The van der Waals surface area contributed by atoms with Gasteiger partial charge in [-0.25, -0.2) is 9.15 Å². The van der Waals surface area contributed by atoms with E-state index in [4.69, 9.17) is 9.50 Å². The second-order valence-corrected chi connectivity index (χ2v) is 8.95. The molecule has 0 amide bonds. The van der Waals surface area contributed by atoms with E-state index in [2.05, 4.69) is 0 Å². The summed E-state index contributed by atoms with van der Waals surface area (Å²) in [5, 5.41) is 1.31. The lowest BCUT2D eigenvalue weighted by Gasteiger charge is -2.26. The molecule has 3 nitrogen and oxygen atoms in total. The Morgan fingerprint density at radius 3 is 2.15 bits per heavy atom. The van der Waals surface area contributed by atoms with Crippen molar-refractivity contribution in [1.29, 1.82) is 0 Å². The molecule has 3 aromatic rings. The summed E-state index contributed by atoms with van der Waals surface area (Å²) in [6.07, 6.45) is 0.349. The van der Waals surface area contributed by atoms with E-state index in [0.29, 0.717) is 34.1 Å². The number of hydrogen-bond acceptors (Lipinski definition) is 2. The predicted octanol–water partition coefficient (Wildman–Crippen LogP) is 4.71. The Balaban J connectivity index is 1.93. The summed E-state index contributed by atoms with van der Waals surface area (Å²) in [5.74, 6) is 0.204. The molecule has 0 saturated carbocycles. The van der Waals surface area contributed by atoms with Gasteiger partial charge in [-0.05, 0) is 49.4 Å². The fourth-order valence-corrected chi connectivity index (χ4v) is 5.47. The highest BCUT2D eigenvalue weighted by molar-refractivity contribution is 7.77. The van der Waals surface area contributed by atoms with Crippen LogP contribution in [0.2, 0.25) is 0 Å². The van der Waals surface area contributed by atoms with Crippen LogP contribution in [0.15, 0.2) is 83.6 Å². The molecule has 0 fully saturated rings. The Morgan fingerprint density at radius 2 is 1.56 bits per heavy atom. The predicted molar refractivity (Wildman–Crippen MR) is 107 cm³/mol. The van der Waals surface area contributed by atoms with Crippen molar-refractivity contribution >= 4 is 23.6 Å². The van der Waals surface area contributed by atoms with Crippen molar-refractivity contribution in [2.45, 2.75) is 19.4 Å². The van der Waals surface area contributed by atoms with Crippen molar-refractivity contribution in [3.63, 3.8) is 0 Å². The highest BCUT2D eigenvalue weighted by atomic mass is 31.2. The normalized spacial score (nSPS) is 18.0. The molecular formula is C22H19FNO2P. The van der Waals surface area contributed by atoms with Crippen molar-refractivity contribution in [1.82, 2.24) is 0 Å². The first-order valence-corrected chi connectivity index (χ1v) is 10.5. The van der Waals surface area contributed by atoms with Gasteiger partial charge in [-0.1, -0.05) is 36.4 Å². The minimum absolute atomic E-state index is 0.123. The SMILES string of the molecule is C[C@@H]1C/C(=N\P(=O)(c2ccccc2)c2ccccc2)c2cc(F)ccc2O1. The van der Waals surface area contributed by atoms with Crippen molar-refractivity contribution < 1.29 is 13.7 Å². The van der Waals surface area contributed by atoms with Crippen LogP contribution in [0.5, 0.6) is 5.75 Å². The molecule has 1 atom stereocenters. The van der Waals surface area contributed by atoms with Crippen LogP contribution >= 0.6 is 7.29 Å². The fourth-order valence-electron chi connectivity index (χ4n) is 3.26. The first-order valence-electron chi connectivity index (χ1n) is 8.83. The van der Waals surface area contributed by atoms with E-state index in [9.17, 15) is 8.96 Å². The minimum Gasteiger partial charge on any atom is -0.490 e. The first kappa shape index (κ1) is 17.7. The second-order valence-electron chi connectivity index (χ2n) is 6.57. The van der Waals surface area contributed by atoms with Gasteiger partial charge in [0, 0.05) is 22.6 Å². The summed E-state index contributed by atoms with van der Waals surface area (Å²) in [5.41, 5.74) is 1.18. The maximum atomic E-state index is 14.2. The molecule has 27 heavy (non-hydrogen) atoms. The average Bonchev–Trinajstić information content (AvgIpc) is 2.70. The van der Waals surface area contributed by atoms with E-state index >= 15 is 0 Å². The van der Waals surface area contributed by atoms with Crippen LogP contribution in [0.4, 0.5) is 4.39 Å². The molecule has 0 bridgehead atoms. The lowest BCUT2D eigenvalue weighted by molar-refractivity contribution is 0.222. The summed E-state index contributed by atoms with van der Waals surface area (Å²) in [6, 6.07) is 22.8. The topological polar surface area (TPSA) is 38.7 Å². The molecule has 4 rings (SSSR count). The molecule has 3 aromatic carbocycles. The van der Waals surface area contributed by atoms with E-state index in [1.807, 2.05) is 67.6 Å². The Bertz CT molecular complexity index is 991. The number of fused-ring (bicyclic) bond motifs is 1. The van der Waals surface area contributed by atoms with Gasteiger partial charge in [0.15, 0.2) is 0 Å². The summed E-state index contributed by atoms with van der Waals surface area (Å²) in [6.45, 7) is 1.93. The van der Waals surface area contributed by atoms with Gasteiger partial charge in [-0.3, -0.25) is 4.57 Å². The molecule has 0 aromatic heterocycles. The van der Waals surface area contributed by atoms with Crippen molar-refractivity contribution in [3.05, 3.63) is 90.2 Å². The molecule has 0 radical (unpaired) electrons. The monoisotopic (exact) mass is 379 g/mol. The third kappa shape index (κ3) is 3.45. The Morgan fingerprint density at radius 1 is 0.963 bits per heavy atom. The quantitative estimate of drug-likeness (QED) is 0.618. The molecule has 5 heteroatoms. The summed E-state index contributed by atoms with van der Waals surface area (Å²) in [4.78, 5) is 0. The number of nitrogens with zero attached hydrogens (tertiary/aromatic N) is 1. The molecule has 0 unspecified atom stereocenters. The van der Waals surface area contributed by atoms with Gasteiger partial charge in [-0.2, -0.15) is 0 Å². The smallest absolute Gasteiger partial charge is 0.247 e. The number of halogens is 1. The maximum Gasteiger partial charge on any atom is 0.247 e. The van der Waals surface area contributed by atoms with Gasteiger partial charge in [0.2, 0.25) is 7.29 Å². The van der Waals surface area contributed by atoms with Gasteiger partial charge < -0.3 is 4.74 Å². The molecule has 1 aliphatic rings. The van der Waals surface area contributed by atoms with E-state index < -0.39 is 7.29 Å². The molecule has 1 aliphatic heterocycles. The minimum atomic E-state index is -3.28. The number of ether oxygens (including phenoxy) is 1. The molecule has 1 heterocycles. The molecule has 0 saturated heterocycles. The van der Waals surface area contributed by atoms with Crippen LogP contribution in [0.25, 0.3) is 0 Å². The zero-order chi connectivity index (χ0) is 18.9. The Hall–Kier alpha value is -2.71. The first-order chi connectivity index (χ1) is 13.1. The molecule has 0 N–H and O–H groups in total. The van der Waals surface area contributed by atoms with E-state index in [1.165, 1.54) is 12.1 Å². The van der Waals surface area contributed by atoms with Gasteiger partial charge in [-0.15, -0.1) is 0 Å². The number of hydrogen-bond donors (Lipinski definition) is 0. The van der Waals surface area contributed by atoms with Crippen LogP contribution in [0.1, 0.15) is 18.9 Å². The highest BCUT2D eigenvalue weighted by Crippen LogP contribution is 2.47. The van der Waals surface area contributed by atoms with E-state index in [-0.39, 0.29) is 11.9 Å². The molecular weight excluding hydrogens is 360 g/mol. The molecule has 0 spiro atoms. The standard InChI is InChI=1S/C22H19FNO2P/c1-16-14-21(20-15-17(23)12-13-22(20)26-16)24-27(25,18-8-4-2-5-9-18)19-10-6-3-7-11-19/h2-13,15-16H,14H2,1H3/b24-21+/t16-/m1/s1. The van der Waals surface area contributed by atoms with Crippen molar-refractivity contribution in [3.8, 4) is 5.75 Å². The third-order valence-corrected chi connectivity index (χ3v) is 7.05. The van der Waals surface area contributed by atoms with Crippen LogP contribution in [0.3, 0.4) is 0 Å². The van der Waals surface area contributed by atoms with Gasteiger partial charge >= 0.3 is 0 Å². The summed E-state index contributed by atoms with van der Waals surface area (Å²) < 4.78 is 38.6. The van der Waals surface area contributed by atoms with Crippen molar-refractivity contribution in [2.75, 3.05) is 0 Å². The highest BCUT2D eigenvalue weighted by Gasteiger charge is 2.30. The lowest BCUT2D eigenvalue weighted by Crippen LogP contribution is -2.26. The largest absolute Gasteiger partial charge is 0.490 e. The third-order valence-electron chi connectivity index (χ3n) is 4.54. The van der Waals surface area contributed by atoms with Gasteiger partial charge in [0.05, 0.1) is 5.71 Å². The molecule has 0 aliphatic carbocycles. The van der Waals surface area contributed by atoms with Crippen LogP contribution in [-0.4, -0.2) is 11.8 Å². The fraction of sp³-hybridized carbons (Fsp3) is 0.136. The van der Waals surface area contributed by atoms with Crippen molar-refractivity contribution in [2.24, 2.45) is 4.76 Å². The van der Waals surface area contributed by atoms with E-state index in [1.54, 1.807) is 6.07 Å². The Labute approximate surface area is 158 Å². The zero-order valence-corrected chi connectivity index (χ0v) is 15.8. The van der Waals surface area contributed by atoms with Gasteiger partial charge in [0.25, 0.3) is 0 Å². The average molecular weight is 379 g/mol. The maximum absolute atomic E-state index is 14.2. The number of rotatable bonds is 3. The Kier molecular flexibility index (Phi) is 4.67. The zero-order valence-electron chi connectivity index (χ0n) is 14.9. The van der Waals surface area contributed by atoms with Gasteiger partial charge in [0.1, 0.15) is 17.7 Å². The van der Waals surface area contributed by atoms with Crippen LogP contribution < -0.4 is 15.3 Å². The van der Waals surface area contributed by atoms with E-state index in [0.717, 1.165) is 0 Å². The molecule has 136 valence electrons.